The first-order chi connectivity index (χ1) is 16.3. The molecule has 3 aliphatic rings. The van der Waals surface area contributed by atoms with Crippen LogP contribution in [0.3, 0.4) is 0 Å². The minimum absolute atomic E-state index is 0.00165. The number of nitrogens with one attached hydrogen (secondary N) is 2. The minimum atomic E-state index is -1.10. The van der Waals surface area contributed by atoms with E-state index in [0.29, 0.717) is 43.0 Å². The summed E-state index contributed by atoms with van der Waals surface area (Å²) in [4.78, 5) is 51.7. The molecular weight excluding hydrogens is 444 g/mol. The summed E-state index contributed by atoms with van der Waals surface area (Å²) in [6.07, 6.45) is 4.63. The van der Waals surface area contributed by atoms with Gasteiger partial charge in [-0.2, -0.15) is 0 Å². The van der Waals surface area contributed by atoms with Crippen LogP contribution in [0.1, 0.15) is 31.4 Å². The molecule has 1 aromatic carbocycles. The minimum Gasteiger partial charge on any atom is -0.454 e. The van der Waals surface area contributed by atoms with Crippen LogP contribution in [0.25, 0.3) is 0 Å². The van der Waals surface area contributed by atoms with Crippen molar-refractivity contribution in [2.45, 2.75) is 43.9 Å². The van der Waals surface area contributed by atoms with Gasteiger partial charge in [-0.05, 0) is 50.6 Å². The Morgan fingerprint density at radius 2 is 1.94 bits per heavy atom. The Morgan fingerprint density at radius 3 is 2.68 bits per heavy atom. The van der Waals surface area contributed by atoms with E-state index in [0.717, 1.165) is 4.57 Å². The van der Waals surface area contributed by atoms with Crippen molar-refractivity contribution >= 4 is 11.8 Å². The van der Waals surface area contributed by atoms with Gasteiger partial charge in [-0.3, -0.25) is 9.59 Å². The summed E-state index contributed by atoms with van der Waals surface area (Å²) in [7, 11) is 0. The van der Waals surface area contributed by atoms with Crippen LogP contribution in [0.4, 0.5) is 0 Å². The highest BCUT2D eigenvalue weighted by molar-refractivity contribution is 5.88. The number of hydrogen-bond donors (Lipinski definition) is 3. The van der Waals surface area contributed by atoms with Gasteiger partial charge in [0.2, 0.25) is 18.6 Å². The van der Waals surface area contributed by atoms with E-state index >= 15 is 0 Å². The van der Waals surface area contributed by atoms with Crippen LogP contribution in [-0.2, 0) is 21.7 Å². The van der Waals surface area contributed by atoms with Crippen LogP contribution < -0.4 is 37.2 Å². The number of fused-ring (bicyclic) bond motifs is 3. The van der Waals surface area contributed by atoms with Crippen molar-refractivity contribution in [1.29, 1.82) is 0 Å². The quantitative estimate of drug-likeness (QED) is 0.463. The predicted molar refractivity (Wildman–Crippen MR) is 120 cm³/mol. The van der Waals surface area contributed by atoms with Crippen LogP contribution >= 0.6 is 0 Å². The van der Waals surface area contributed by atoms with E-state index in [2.05, 4.69) is 10.6 Å². The number of amides is 2. The molecule has 2 aromatic rings. The van der Waals surface area contributed by atoms with E-state index in [9.17, 15) is 19.2 Å². The number of carbonyl (C=O) groups is 2. The topological polar surface area (TPSA) is 152 Å². The average molecular weight is 470 g/mol. The summed E-state index contributed by atoms with van der Waals surface area (Å²) < 4.78 is 14.5. The van der Waals surface area contributed by atoms with Crippen LogP contribution in [0.5, 0.6) is 11.5 Å². The van der Waals surface area contributed by atoms with Gasteiger partial charge in [0.1, 0.15) is 6.04 Å². The molecule has 0 bridgehead atoms. The fourth-order valence-corrected chi connectivity index (χ4v) is 4.73. The molecule has 0 aliphatic carbocycles. The molecule has 1 aromatic heterocycles. The normalized spacial score (nSPS) is 20.7. The molecule has 5 rings (SSSR count). The molecule has 2 atom stereocenters. The Hall–Kier alpha value is -3.80. The molecule has 2 amide bonds. The Kier molecular flexibility index (Phi) is 5.31. The molecule has 12 heteroatoms. The summed E-state index contributed by atoms with van der Waals surface area (Å²) in [5.74, 6) is -0.151. The summed E-state index contributed by atoms with van der Waals surface area (Å²) in [5.41, 5.74) is 4.11. The van der Waals surface area contributed by atoms with Crippen LogP contribution in [0.15, 0.2) is 39.9 Å². The lowest BCUT2D eigenvalue weighted by Gasteiger charge is -2.40. The van der Waals surface area contributed by atoms with E-state index < -0.39 is 40.8 Å². The molecule has 34 heavy (non-hydrogen) atoms. The second kappa shape index (κ2) is 8.20. The van der Waals surface area contributed by atoms with E-state index in [1.54, 1.807) is 24.3 Å². The van der Waals surface area contributed by atoms with Gasteiger partial charge in [-0.1, -0.05) is 18.2 Å². The van der Waals surface area contributed by atoms with Gasteiger partial charge < -0.3 is 25.8 Å². The van der Waals surface area contributed by atoms with Gasteiger partial charge >= 0.3 is 11.4 Å². The van der Waals surface area contributed by atoms with E-state index in [-0.39, 0.29) is 13.3 Å². The highest BCUT2D eigenvalue weighted by Gasteiger charge is 2.42. The first-order valence-electron chi connectivity index (χ1n) is 11.1. The zero-order valence-electron chi connectivity index (χ0n) is 18.7. The zero-order valence-corrected chi connectivity index (χ0v) is 18.7. The molecule has 0 saturated carbocycles. The highest BCUT2D eigenvalue weighted by Crippen LogP contribution is 2.34. The van der Waals surface area contributed by atoms with E-state index in [4.69, 9.17) is 15.2 Å². The lowest BCUT2D eigenvalue weighted by molar-refractivity contribution is -0.128. The first kappa shape index (κ1) is 22.0. The van der Waals surface area contributed by atoms with Gasteiger partial charge in [0.15, 0.2) is 17.5 Å². The van der Waals surface area contributed by atoms with Gasteiger partial charge in [0, 0.05) is 0 Å². The smallest absolute Gasteiger partial charge is 0.348 e. The maximum absolute atomic E-state index is 13.6. The van der Waals surface area contributed by atoms with Gasteiger partial charge in [0.05, 0.1) is 12.1 Å². The standard InChI is InChI=1S/C22H26N6O6/c1-13(18(23)29)25-19(30)15-4-5-22(6-8-24-9-7-22)28-21(32)26(20(31)27(15)28)11-14-2-3-16-17(10-14)34-12-33-16/h2-5,10,13,15,24H,6-9,11-12H2,1H3,(H2,23,29)(H,25,30)/t13-,15?/m0/s1. The third-order valence-electron chi connectivity index (χ3n) is 6.63. The Balaban J connectivity index is 1.58. The van der Waals surface area contributed by atoms with Crippen molar-refractivity contribution in [1.82, 2.24) is 24.6 Å². The maximum Gasteiger partial charge on any atom is 0.348 e. The second-order valence-electron chi connectivity index (χ2n) is 8.79. The average Bonchev–Trinajstić information content (AvgIpc) is 3.38. The fraction of sp³-hybridized carbons (Fsp3) is 0.455. The van der Waals surface area contributed by atoms with Crippen molar-refractivity contribution in [3.05, 3.63) is 56.9 Å². The van der Waals surface area contributed by atoms with Crippen molar-refractivity contribution in [2.75, 3.05) is 19.9 Å². The number of benzene rings is 1. The maximum atomic E-state index is 13.6. The van der Waals surface area contributed by atoms with Crippen LogP contribution in [0, 0.1) is 0 Å². The number of hydrogen-bond acceptors (Lipinski definition) is 7. The first-order valence-corrected chi connectivity index (χ1v) is 11.1. The summed E-state index contributed by atoms with van der Waals surface area (Å²) >= 11 is 0. The Morgan fingerprint density at radius 1 is 1.21 bits per heavy atom. The molecule has 3 aliphatic heterocycles. The number of rotatable bonds is 5. The summed E-state index contributed by atoms with van der Waals surface area (Å²) in [6.45, 7) is 2.90. The molecule has 4 heterocycles. The molecule has 1 spiro atoms. The molecule has 12 nitrogen and oxygen atoms in total. The van der Waals surface area contributed by atoms with Gasteiger partial charge in [0.25, 0.3) is 0 Å². The number of aromatic nitrogens is 3. The number of primary amides is 1. The largest absolute Gasteiger partial charge is 0.454 e. The van der Waals surface area contributed by atoms with Crippen molar-refractivity contribution in [2.24, 2.45) is 5.73 Å². The van der Waals surface area contributed by atoms with Crippen molar-refractivity contribution in [3.8, 4) is 11.5 Å². The van der Waals surface area contributed by atoms with Crippen LogP contribution in [0.2, 0.25) is 0 Å². The molecular formula is C22H26N6O6. The highest BCUT2D eigenvalue weighted by atomic mass is 16.7. The predicted octanol–water partition coefficient (Wildman–Crippen LogP) is -1.23. The summed E-state index contributed by atoms with van der Waals surface area (Å²) in [5, 5.41) is 5.79. The molecule has 1 saturated heterocycles. The van der Waals surface area contributed by atoms with Crippen LogP contribution in [-0.4, -0.2) is 51.7 Å². The number of allylic oxidation sites excluding steroid dienone is 1. The number of piperidine rings is 1. The number of nitrogens with zero attached hydrogens (tertiary/aromatic N) is 3. The van der Waals surface area contributed by atoms with Crippen molar-refractivity contribution < 1.29 is 19.1 Å². The van der Waals surface area contributed by atoms with Gasteiger partial charge in [-0.15, -0.1) is 0 Å². The SMILES string of the molecule is C[C@H](NC(=O)C1C=CC2(CCNCC2)n2c(=O)n(Cc3ccc4c(c3)OCO4)c(=O)n21)C(N)=O. The molecule has 1 unspecified atom stereocenters. The number of ether oxygens (including phenoxy) is 2. The van der Waals surface area contributed by atoms with Gasteiger partial charge in [-0.25, -0.2) is 23.5 Å². The lowest BCUT2D eigenvalue weighted by atomic mass is 9.86. The second-order valence-corrected chi connectivity index (χ2v) is 8.79. The molecule has 4 N–H and O–H groups in total. The zero-order chi connectivity index (χ0) is 24.0. The van der Waals surface area contributed by atoms with E-state index in [1.807, 2.05) is 6.08 Å². The lowest BCUT2D eigenvalue weighted by Crippen LogP contribution is -2.54. The monoisotopic (exact) mass is 470 g/mol. The Bertz CT molecular complexity index is 1300. The molecule has 0 radical (unpaired) electrons. The third kappa shape index (κ3) is 3.50. The molecule has 1 fully saturated rings. The van der Waals surface area contributed by atoms with Crippen molar-refractivity contribution in [3.63, 3.8) is 0 Å². The number of nitrogens with two attached hydrogens (primary N) is 1. The fourth-order valence-electron chi connectivity index (χ4n) is 4.73. The number of carbonyl (C=O) groups excluding carboxylic acids is 2. The third-order valence-corrected chi connectivity index (χ3v) is 6.63. The summed E-state index contributed by atoms with van der Waals surface area (Å²) in [6, 6.07) is 3.20. The molecule has 180 valence electrons. The van der Waals surface area contributed by atoms with E-state index in [1.165, 1.54) is 16.3 Å². The Labute approximate surface area is 193 Å².